The van der Waals surface area contributed by atoms with Crippen LogP contribution in [-0.2, 0) is 10.2 Å². The lowest BCUT2D eigenvalue weighted by atomic mass is 9.78. The van der Waals surface area contributed by atoms with Gasteiger partial charge in [-0.15, -0.1) is 0 Å². The van der Waals surface area contributed by atoms with Crippen LogP contribution in [0.1, 0.15) is 51.2 Å². The number of hydrogen-bond donors (Lipinski definition) is 1. The molecule has 0 radical (unpaired) electrons. The van der Waals surface area contributed by atoms with Gasteiger partial charge in [-0.2, -0.15) is 0 Å². The van der Waals surface area contributed by atoms with Gasteiger partial charge in [-0.1, -0.05) is 44.5 Å². The third-order valence-electron chi connectivity index (χ3n) is 5.84. The molecule has 2 aromatic rings. The summed E-state index contributed by atoms with van der Waals surface area (Å²) in [6.45, 7) is 6.99. The number of amides is 1. The quantitative estimate of drug-likeness (QED) is 0.674. The largest absolute Gasteiger partial charge is 0.493 e. The van der Waals surface area contributed by atoms with Crippen LogP contribution in [-0.4, -0.2) is 25.3 Å². The molecule has 1 aliphatic rings. The Bertz CT molecular complexity index is 802. The summed E-state index contributed by atoms with van der Waals surface area (Å²) >= 11 is 0. The highest BCUT2D eigenvalue weighted by Crippen LogP contribution is 2.33. The first-order valence-electron chi connectivity index (χ1n) is 10.3. The van der Waals surface area contributed by atoms with Crippen molar-refractivity contribution < 1.29 is 18.7 Å². The summed E-state index contributed by atoms with van der Waals surface area (Å²) in [5, 5.41) is 2.95. The zero-order chi connectivity index (χ0) is 20.9. The van der Waals surface area contributed by atoms with Gasteiger partial charge in [-0.3, -0.25) is 0 Å². The molecule has 156 valence electrons. The maximum atomic E-state index is 13.2. The van der Waals surface area contributed by atoms with E-state index in [1.54, 1.807) is 6.92 Å². The van der Waals surface area contributed by atoms with Gasteiger partial charge in [0.05, 0.1) is 13.2 Å². The molecule has 1 aliphatic carbocycles. The van der Waals surface area contributed by atoms with Gasteiger partial charge in [0.25, 0.3) is 0 Å². The van der Waals surface area contributed by atoms with E-state index in [1.807, 2.05) is 24.3 Å². The summed E-state index contributed by atoms with van der Waals surface area (Å²) in [6.07, 6.45) is 2.72. The van der Waals surface area contributed by atoms with Crippen molar-refractivity contribution in [2.75, 3.05) is 13.2 Å². The molecule has 0 aromatic heterocycles. The monoisotopic (exact) mass is 399 g/mol. The molecule has 4 nitrogen and oxygen atoms in total. The van der Waals surface area contributed by atoms with Crippen molar-refractivity contribution in [3.05, 3.63) is 65.5 Å². The molecule has 0 bridgehead atoms. The van der Waals surface area contributed by atoms with Gasteiger partial charge in [-0.05, 0) is 55.2 Å². The van der Waals surface area contributed by atoms with Gasteiger partial charge < -0.3 is 14.8 Å². The van der Waals surface area contributed by atoms with E-state index in [2.05, 4.69) is 31.3 Å². The molecule has 1 saturated carbocycles. The second-order valence-corrected chi connectivity index (χ2v) is 8.13. The highest BCUT2D eigenvalue weighted by atomic mass is 19.1. The molecule has 5 heteroatoms. The van der Waals surface area contributed by atoms with Gasteiger partial charge in [0, 0.05) is 17.4 Å². The molecule has 29 heavy (non-hydrogen) atoms. The molecule has 2 aromatic carbocycles. The van der Waals surface area contributed by atoms with E-state index >= 15 is 0 Å². The SMILES string of the molecule is CCOC(=O)N[C@H]1CCC[C@H]1COc1ccc(C(C)(C)c2ccc(F)cc2)cc1. The van der Waals surface area contributed by atoms with Crippen LogP contribution in [0.15, 0.2) is 48.5 Å². The number of alkyl carbamates (subject to hydrolysis) is 1. The molecule has 3 rings (SSSR count). The van der Waals surface area contributed by atoms with Crippen molar-refractivity contribution in [2.24, 2.45) is 5.92 Å². The van der Waals surface area contributed by atoms with E-state index in [0.717, 1.165) is 36.1 Å². The molecule has 0 saturated heterocycles. The van der Waals surface area contributed by atoms with Crippen molar-refractivity contribution >= 4 is 6.09 Å². The van der Waals surface area contributed by atoms with Crippen LogP contribution in [0.4, 0.5) is 9.18 Å². The number of nitrogens with one attached hydrogen (secondary N) is 1. The maximum Gasteiger partial charge on any atom is 0.407 e. The van der Waals surface area contributed by atoms with Crippen molar-refractivity contribution in [3.8, 4) is 5.75 Å². The molecule has 0 spiro atoms. The zero-order valence-corrected chi connectivity index (χ0v) is 17.4. The predicted octanol–water partition coefficient (Wildman–Crippen LogP) is 5.45. The van der Waals surface area contributed by atoms with Gasteiger partial charge >= 0.3 is 6.09 Å². The minimum Gasteiger partial charge on any atom is -0.493 e. The van der Waals surface area contributed by atoms with E-state index in [-0.39, 0.29) is 29.3 Å². The Morgan fingerprint density at radius 3 is 2.31 bits per heavy atom. The smallest absolute Gasteiger partial charge is 0.407 e. The predicted molar refractivity (Wildman–Crippen MR) is 112 cm³/mol. The Morgan fingerprint density at radius 1 is 1.07 bits per heavy atom. The fourth-order valence-corrected chi connectivity index (χ4v) is 3.95. The third kappa shape index (κ3) is 5.28. The first kappa shape index (κ1) is 21.2. The molecule has 1 fully saturated rings. The summed E-state index contributed by atoms with van der Waals surface area (Å²) < 4.78 is 24.2. The fourth-order valence-electron chi connectivity index (χ4n) is 3.95. The number of carbonyl (C=O) groups excluding carboxylic acids is 1. The zero-order valence-electron chi connectivity index (χ0n) is 17.4. The number of rotatable bonds is 7. The lowest BCUT2D eigenvalue weighted by Gasteiger charge is -2.26. The van der Waals surface area contributed by atoms with Crippen LogP contribution in [0.5, 0.6) is 5.75 Å². The lowest BCUT2D eigenvalue weighted by Crippen LogP contribution is -2.39. The molecule has 1 N–H and O–H groups in total. The van der Waals surface area contributed by atoms with Crippen LogP contribution in [0.2, 0.25) is 0 Å². The van der Waals surface area contributed by atoms with Crippen molar-refractivity contribution in [3.63, 3.8) is 0 Å². The Labute approximate surface area is 172 Å². The fraction of sp³-hybridized carbons (Fsp3) is 0.458. The summed E-state index contributed by atoms with van der Waals surface area (Å²) in [7, 11) is 0. The number of carbonyl (C=O) groups is 1. The van der Waals surface area contributed by atoms with Crippen LogP contribution in [0, 0.1) is 11.7 Å². The van der Waals surface area contributed by atoms with E-state index in [1.165, 1.54) is 12.1 Å². The van der Waals surface area contributed by atoms with E-state index in [4.69, 9.17) is 9.47 Å². The minimum atomic E-state index is -0.350. The van der Waals surface area contributed by atoms with Gasteiger partial charge in [0.2, 0.25) is 0 Å². The first-order chi connectivity index (χ1) is 13.9. The number of halogens is 1. The second-order valence-electron chi connectivity index (χ2n) is 8.13. The Kier molecular flexibility index (Phi) is 6.78. The second kappa shape index (κ2) is 9.29. The molecular weight excluding hydrogens is 369 g/mol. The lowest BCUT2D eigenvalue weighted by molar-refractivity contribution is 0.141. The number of ether oxygens (including phenoxy) is 2. The minimum absolute atomic E-state index is 0.103. The standard InChI is InChI=1S/C24H30FNO3/c1-4-28-23(27)26-22-7-5-6-17(22)16-29-21-14-10-19(11-15-21)24(2,3)18-8-12-20(25)13-9-18/h8-15,17,22H,4-7,16H2,1-3H3,(H,26,27)/t17-,22-/m0/s1. The van der Waals surface area contributed by atoms with Crippen LogP contribution < -0.4 is 10.1 Å². The van der Waals surface area contributed by atoms with Crippen molar-refractivity contribution in [2.45, 2.75) is 51.5 Å². The van der Waals surface area contributed by atoms with Gasteiger partial charge in [0.15, 0.2) is 0 Å². The van der Waals surface area contributed by atoms with Gasteiger partial charge in [0.1, 0.15) is 11.6 Å². The summed E-state index contributed by atoms with van der Waals surface area (Å²) in [4.78, 5) is 11.7. The summed E-state index contributed by atoms with van der Waals surface area (Å²) in [5.74, 6) is 0.871. The van der Waals surface area contributed by atoms with Crippen molar-refractivity contribution in [1.29, 1.82) is 0 Å². The average Bonchev–Trinajstić information content (AvgIpc) is 3.14. The molecule has 0 unspecified atom stereocenters. The molecule has 1 amide bonds. The van der Waals surface area contributed by atoms with E-state index in [9.17, 15) is 9.18 Å². The Hall–Kier alpha value is -2.56. The number of benzene rings is 2. The van der Waals surface area contributed by atoms with Crippen molar-refractivity contribution in [1.82, 2.24) is 5.32 Å². The van der Waals surface area contributed by atoms with Crippen LogP contribution in [0.25, 0.3) is 0 Å². The normalized spacial score (nSPS) is 19.0. The third-order valence-corrected chi connectivity index (χ3v) is 5.84. The highest BCUT2D eigenvalue weighted by Gasteiger charge is 2.29. The molecule has 0 aliphatic heterocycles. The topological polar surface area (TPSA) is 47.6 Å². The Morgan fingerprint density at radius 2 is 1.69 bits per heavy atom. The molecule has 0 heterocycles. The van der Waals surface area contributed by atoms with E-state index < -0.39 is 0 Å². The first-order valence-corrected chi connectivity index (χ1v) is 10.3. The molecular formula is C24H30FNO3. The Balaban J connectivity index is 1.59. The summed E-state index contributed by atoms with van der Waals surface area (Å²) in [5.41, 5.74) is 1.97. The summed E-state index contributed by atoms with van der Waals surface area (Å²) in [6, 6.07) is 14.8. The highest BCUT2D eigenvalue weighted by molar-refractivity contribution is 5.67. The average molecular weight is 400 g/mol. The van der Waals surface area contributed by atoms with Crippen LogP contribution >= 0.6 is 0 Å². The maximum absolute atomic E-state index is 13.2. The van der Waals surface area contributed by atoms with Crippen LogP contribution in [0.3, 0.4) is 0 Å². The number of hydrogen-bond acceptors (Lipinski definition) is 3. The van der Waals surface area contributed by atoms with E-state index in [0.29, 0.717) is 13.2 Å². The van der Waals surface area contributed by atoms with Gasteiger partial charge in [-0.25, -0.2) is 9.18 Å². The molecule has 2 atom stereocenters.